The van der Waals surface area contributed by atoms with Crippen molar-refractivity contribution in [1.82, 2.24) is 0 Å². The molecule has 0 saturated heterocycles. The van der Waals surface area contributed by atoms with Crippen LogP contribution in [0.1, 0.15) is 11.1 Å². The van der Waals surface area contributed by atoms with E-state index >= 15 is 0 Å². The third-order valence-corrected chi connectivity index (χ3v) is 4.84. The third kappa shape index (κ3) is 2.61. The van der Waals surface area contributed by atoms with Crippen LogP contribution in [0.4, 0.5) is 0 Å². The highest BCUT2D eigenvalue weighted by atomic mass is 14.0. The van der Waals surface area contributed by atoms with Gasteiger partial charge in [-0.25, -0.2) is 0 Å². The van der Waals surface area contributed by atoms with Gasteiger partial charge in [-0.1, -0.05) is 78.6 Å². The number of fused-ring (bicyclic) bond motifs is 3. The van der Waals surface area contributed by atoms with Gasteiger partial charge in [0.15, 0.2) is 0 Å². The van der Waals surface area contributed by atoms with E-state index in [4.69, 9.17) is 0 Å². The molecule has 0 unspecified atom stereocenters. The molecular formula is C26H16. The van der Waals surface area contributed by atoms with Gasteiger partial charge in [-0.3, -0.25) is 0 Å². The van der Waals surface area contributed by atoms with Gasteiger partial charge in [0.1, 0.15) is 0 Å². The number of rotatable bonds is 0. The van der Waals surface area contributed by atoms with Gasteiger partial charge >= 0.3 is 0 Å². The van der Waals surface area contributed by atoms with Crippen LogP contribution in [0.3, 0.4) is 0 Å². The molecule has 0 amide bonds. The molecule has 0 fully saturated rings. The van der Waals surface area contributed by atoms with Crippen LogP contribution in [-0.2, 0) is 0 Å². The van der Waals surface area contributed by atoms with Crippen LogP contribution in [0.5, 0.6) is 0 Å². The minimum atomic E-state index is 1.04. The lowest BCUT2D eigenvalue weighted by molar-refractivity contribution is 1.68. The predicted molar refractivity (Wildman–Crippen MR) is 111 cm³/mol. The molecule has 0 aliphatic carbocycles. The van der Waals surface area contributed by atoms with Gasteiger partial charge in [0.05, 0.1) is 0 Å². The summed E-state index contributed by atoms with van der Waals surface area (Å²) in [6.07, 6.45) is 0. The summed E-state index contributed by atoms with van der Waals surface area (Å²) < 4.78 is 0. The molecule has 5 aromatic carbocycles. The van der Waals surface area contributed by atoms with Crippen molar-refractivity contribution in [3.05, 3.63) is 108 Å². The second-order valence-corrected chi connectivity index (χ2v) is 6.54. The van der Waals surface area contributed by atoms with Crippen LogP contribution in [0.25, 0.3) is 32.3 Å². The summed E-state index contributed by atoms with van der Waals surface area (Å²) in [6, 6.07) is 34.1. The van der Waals surface area contributed by atoms with Crippen LogP contribution in [0, 0.1) is 11.8 Å². The van der Waals surface area contributed by atoms with Crippen molar-refractivity contribution in [2.24, 2.45) is 0 Å². The average molecular weight is 328 g/mol. The smallest absolute Gasteiger partial charge is 0.0327 e. The predicted octanol–water partition coefficient (Wildman–Crippen LogP) is 6.55. The number of hydrogen-bond acceptors (Lipinski definition) is 0. The van der Waals surface area contributed by atoms with E-state index in [1.807, 2.05) is 0 Å². The van der Waals surface area contributed by atoms with E-state index in [1.165, 1.54) is 32.3 Å². The average Bonchev–Trinajstić information content (AvgIpc) is 2.70. The van der Waals surface area contributed by atoms with Crippen LogP contribution in [0.15, 0.2) is 97.1 Å². The van der Waals surface area contributed by atoms with Crippen molar-refractivity contribution in [3.63, 3.8) is 0 Å². The first kappa shape index (κ1) is 14.8. The summed E-state index contributed by atoms with van der Waals surface area (Å²) in [4.78, 5) is 0. The standard InChI is InChI=1S/C26H16/c1-2-7-22-16-19(12-14-20(22)6-1)13-15-21-10-5-11-25-17-23-8-3-4-9-24(23)18-26(21)25/h1-12,14,16-18H. The van der Waals surface area contributed by atoms with E-state index in [0.29, 0.717) is 0 Å². The lowest BCUT2D eigenvalue weighted by Gasteiger charge is -2.04. The highest BCUT2D eigenvalue weighted by molar-refractivity contribution is 6.00. The highest BCUT2D eigenvalue weighted by Crippen LogP contribution is 2.25. The van der Waals surface area contributed by atoms with Gasteiger partial charge in [-0.15, -0.1) is 0 Å². The molecule has 0 saturated carbocycles. The molecule has 5 rings (SSSR count). The zero-order valence-electron chi connectivity index (χ0n) is 14.2. The van der Waals surface area contributed by atoms with E-state index in [9.17, 15) is 0 Å². The molecule has 0 heteroatoms. The quantitative estimate of drug-likeness (QED) is 0.223. The molecule has 0 radical (unpaired) electrons. The summed E-state index contributed by atoms with van der Waals surface area (Å²) in [5.41, 5.74) is 2.11. The molecule has 0 aromatic heterocycles. The maximum absolute atomic E-state index is 3.38. The van der Waals surface area contributed by atoms with Crippen molar-refractivity contribution in [2.75, 3.05) is 0 Å². The lowest BCUT2D eigenvalue weighted by atomic mass is 9.99. The summed E-state index contributed by atoms with van der Waals surface area (Å²) in [5, 5.41) is 7.42. The Labute approximate surface area is 152 Å². The molecule has 0 aliphatic rings. The molecule has 5 aromatic rings. The highest BCUT2D eigenvalue weighted by Gasteiger charge is 2.01. The van der Waals surface area contributed by atoms with Crippen molar-refractivity contribution in [1.29, 1.82) is 0 Å². The van der Waals surface area contributed by atoms with Crippen molar-refractivity contribution in [2.45, 2.75) is 0 Å². The van der Waals surface area contributed by atoms with E-state index < -0.39 is 0 Å². The molecule has 26 heavy (non-hydrogen) atoms. The fourth-order valence-corrected chi connectivity index (χ4v) is 3.48. The molecule has 0 N–H and O–H groups in total. The van der Waals surface area contributed by atoms with E-state index in [-0.39, 0.29) is 0 Å². The molecule has 0 nitrogen and oxygen atoms in total. The SMILES string of the molecule is C(#Cc1cccc2cc3ccccc3cc12)c1ccc2ccccc2c1. The summed E-state index contributed by atoms with van der Waals surface area (Å²) in [7, 11) is 0. The van der Waals surface area contributed by atoms with Crippen LogP contribution in [0.2, 0.25) is 0 Å². The molecule has 0 atom stereocenters. The van der Waals surface area contributed by atoms with Crippen LogP contribution in [-0.4, -0.2) is 0 Å². The second kappa shape index (κ2) is 6.06. The molecule has 0 heterocycles. The lowest BCUT2D eigenvalue weighted by Crippen LogP contribution is -1.82. The Bertz CT molecular complexity index is 1330. The Morgan fingerprint density at radius 3 is 1.88 bits per heavy atom. The Morgan fingerprint density at radius 2 is 1.08 bits per heavy atom. The van der Waals surface area contributed by atoms with Gasteiger partial charge in [0, 0.05) is 11.1 Å². The molecule has 120 valence electrons. The third-order valence-electron chi connectivity index (χ3n) is 4.84. The normalized spacial score (nSPS) is 10.8. The first-order chi connectivity index (χ1) is 12.9. The Kier molecular flexibility index (Phi) is 3.44. The summed E-state index contributed by atoms with van der Waals surface area (Å²) in [6.45, 7) is 0. The molecular weight excluding hydrogens is 312 g/mol. The molecule has 0 aliphatic heterocycles. The van der Waals surface area contributed by atoms with Crippen molar-refractivity contribution >= 4 is 32.3 Å². The van der Waals surface area contributed by atoms with Crippen LogP contribution < -0.4 is 0 Å². The van der Waals surface area contributed by atoms with Gasteiger partial charge < -0.3 is 0 Å². The first-order valence-corrected chi connectivity index (χ1v) is 8.79. The maximum atomic E-state index is 3.38. The molecule has 0 bridgehead atoms. The Hall–Kier alpha value is -3.56. The largest absolute Gasteiger partial charge is 0.0616 e. The van der Waals surface area contributed by atoms with E-state index in [1.54, 1.807) is 0 Å². The van der Waals surface area contributed by atoms with Crippen LogP contribution >= 0.6 is 0 Å². The van der Waals surface area contributed by atoms with E-state index in [0.717, 1.165) is 11.1 Å². The summed E-state index contributed by atoms with van der Waals surface area (Å²) >= 11 is 0. The Morgan fingerprint density at radius 1 is 0.423 bits per heavy atom. The zero-order valence-corrected chi connectivity index (χ0v) is 14.2. The van der Waals surface area contributed by atoms with Crippen molar-refractivity contribution in [3.8, 4) is 11.8 Å². The fraction of sp³-hybridized carbons (Fsp3) is 0. The van der Waals surface area contributed by atoms with Gasteiger partial charge in [0.2, 0.25) is 0 Å². The molecule has 0 spiro atoms. The fourth-order valence-electron chi connectivity index (χ4n) is 3.48. The Balaban J connectivity index is 1.65. The first-order valence-electron chi connectivity index (χ1n) is 8.79. The van der Waals surface area contributed by atoms with Gasteiger partial charge in [-0.05, 0) is 62.6 Å². The monoisotopic (exact) mass is 328 g/mol. The van der Waals surface area contributed by atoms with Gasteiger partial charge in [-0.2, -0.15) is 0 Å². The zero-order chi connectivity index (χ0) is 17.3. The number of hydrogen-bond donors (Lipinski definition) is 0. The van der Waals surface area contributed by atoms with Crippen molar-refractivity contribution < 1.29 is 0 Å². The topological polar surface area (TPSA) is 0 Å². The summed E-state index contributed by atoms with van der Waals surface area (Å²) in [5.74, 6) is 6.73. The minimum Gasteiger partial charge on any atom is -0.0616 e. The maximum Gasteiger partial charge on any atom is 0.0327 e. The number of benzene rings is 5. The van der Waals surface area contributed by atoms with E-state index in [2.05, 4.69) is 109 Å². The van der Waals surface area contributed by atoms with Gasteiger partial charge in [0.25, 0.3) is 0 Å². The minimum absolute atomic E-state index is 1.04. The second-order valence-electron chi connectivity index (χ2n) is 6.54.